The van der Waals surface area contributed by atoms with Gasteiger partial charge in [-0.1, -0.05) is 0 Å². The Morgan fingerprint density at radius 2 is 2.50 bits per heavy atom. The Balaban J connectivity index is 1.78. The average Bonchev–Trinajstić information content (AvgIpc) is 2.90. The molecule has 14 heavy (non-hydrogen) atoms. The Morgan fingerprint density at radius 3 is 3.07 bits per heavy atom. The van der Waals surface area contributed by atoms with E-state index in [1.807, 2.05) is 13.0 Å². The summed E-state index contributed by atoms with van der Waals surface area (Å²) in [6.07, 6.45) is 4.24. The average molecular weight is 193 g/mol. The fourth-order valence-corrected chi connectivity index (χ4v) is 1.34. The summed E-state index contributed by atoms with van der Waals surface area (Å²) in [4.78, 5) is 11.4. The van der Waals surface area contributed by atoms with Gasteiger partial charge in [0.15, 0.2) is 0 Å². The van der Waals surface area contributed by atoms with E-state index < -0.39 is 0 Å². The van der Waals surface area contributed by atoms with Crippen LogP contribution in [0, 0.1) is 12.8 Å². The van der Waals surface area contributed by atoms with Gasteiger partial charge in [-0.05, 0) is 31.7 Å². The molecule has 1 aliphatic rings. The monoisotopic (exact) mass is 193 g/mol. The number of hydrogen-bond donors (Lipinski definition) is 1. The maximum absolute atomic E-state index is 11.4. The van der Waals surface area contributed by atoms with Crippen LogP contribution in [0.5, 0.6) is 0 Å². The van der Waals surface area contributed by atoms with E-state index in [2.05, 4.69) is 10.4 Å². The SMILES string of the molecule is Cc1ccnn1CC(=O)NCC1CC1. The molecule has 0 atom stereocenters. The molecule has 0 radical (unpaired) electrons. The van der Waals surface area contributed by atoms with Crippen LogP contribution < -0.4 is 5.32 Å². The van der Waals surface area contributed by atoms with Crippen molar-refractivity contribution in [2.75, 3.05) is 6.54 Å². The number of carbonyl (C=O) groups is 1. The molecule has 1 N–H and O–H groups in total. The fraction of sp³-hybridized carbons (Fsp3) is 0.600. The summed E-state index contributed by atoms with van der Waals surface area (Å²) < 4.78 is 1.71. The summed E-state index contributed by atoms with van der Waals surface area (Å²) in [6, 6.07) is 1.90. The lowest BCUT2D eigenvalue weighted by Gasteiger charge is -2.05. The molecule has 76 valence electrons. The molecule has 0 aromatic carbocycles. The number of nitrogens with one attached hydrogen (secondary N) is 1. The summed E-state index contributed by atoms with van der Waals surface area (Å²) in [7, 11) is 0. The third kappa shape index (κ3) is 2.34. The molecule has 1 aromatic heterocycles. The second-order valence-electron chi connectivity index (χ2n) is 3.88. The van der Waals surface area contributed by atoms with Crippen LogP contribution in [0.4, 0.5) is 0 Å². The van der Waals surface area contributed by atoms with E-state index in [4.69, 9.17) is 0 Å². The second-order valence-corrected chi connectivity index (χ2v) is 3.88. The van der Waals surface area contributed by atoms with Gasteiger partial charge < -0.3 is 5.32 Å². The zero-order chi connectivity index (χ0) is 9.97. The minimum absolute atomic E-state index is 0.0590. The van der Waals surface area contributed by atoms with Gasteiger partial charge in [0.1, 0.15) is 6.54 Å². The maximum atomic E-state index is 11.4. The van der Waals surface area contributed by atoms with Crippen LogP contribution in [0.2, 0.25) is 0 Å². The molecule has 4 nitrogen and oxygen atoms in total. The highest BCUT2D eigenvalue weighted by atomic mass is 16.2. The molecule has 0 bridgehead atoms. The summed E-state index contributed by atoms with van der Waals surface area (Å²) >= 11 is 0. The molecule has 0 unspecified atom stereocenters. The van der Waals surface area contributed by atoms with Crippen molar-refractivity contribution in [2.45, 2.75) is 26.3 Å². The Hall–Kier alpha value is -1.32. The number of aryl methyl sites for hydroxylation is 1. The Labute approximate surface area is 83.3 Å². The molecule has 1 fully saturated rings. The largest absolute Gasteiger partial charge is 0.354 e. The number of carbonyl (C=O) groups excluding carboxylic acids is 1. The lowest BCUT2D eigenvalue weighted by molar-refractivity contribution is -0.121. The predicted octanol–water partition coefficient (Wildman–Crippen LogP) is 0.718. The first-order valence-electron chi connectivity index (χ1n) is 5.01. The van der Waals surface area contributed by atoms with Crippen LogP contribution >= 0.6 is 0 Å². The predicted molar refractivity (Wildman–Crippen MR) is 52.7 cm³/mol. The molecule has 0 aliphatic heterocycles. The quantitative estimate of drug-likeness (QED) is 0.765. The number of amides is 1. The highest BCUT2D eigenvalue weighted by Gasteiger charge is 2.21. The standard InChI is InChI=1S/C10H15N3O/c1-8-4-5-12-13(8)7-10(14)11-6-9-2-3-9/h4-5,9H,2-3,6-7H2,1H3,(H,11,14). The molecular formula is C10H15N3O. The first kappa shape index (κ1) is 9.24. The van der Waals surface area contributed by atoms with Gasteiger partial charge >= 0.3 is 0 Å². The van der Waals surface area contributed by atoms with Crippen molar-refractivity contribution in [2.24, 2.45) is 5.92 Å². The zero-order valence-corrected chi connectivity index (χ0v) is 8.36. The van der Waals surface area contributed by atoms with Crippen molar-refractivity contribution in [1.82, 2.24) is 15.1 Å². The van der Waals surface area contributed by atoms with Crippen molar-refractivity contribution in [3.05, 3.63) is 18.0 Å². The summed E-state index contributed by atoms with van der Waals surface area (Å²) in [6.45, 7) is 3.12. The van der Waals surface area contributed by atoms with E-state index in [0.717, 1.165) is 18.2 Å². The van der Waals surface area contributed by atoms with E-state index in [1.165, 1.54) is 12.8 Å². The van der Waals surface area contributed by atoms with Gasteiger partial charge in [0.2, 0.25) is 5.91 Å². The van der Waals surface area contributed by atoms with E-state index in [-0.39, 0.29) is 5.91 Å². The first-order chi connectivity index (χ1) is 6.75. The maximum Gasteiger partial charge on any atom is 0.241 e. The lowest BCUT2D eigenvalue weighted by atomic mass is 10.4. The molecule has 1 aromatic rings. The second kappa shape index (κ2) is 3.82. The van der Waals surface area contributed by atoms with Crippen molar-refractivity contribution < 1.29 is 4.79 Å². The molecule has 4 heteroatoms. The first-order valence-corrected chi connectivity index (χ1v) is 5.01. The number of nitrogens with zero attached hydrogens (tertiary/aromatic N) is 2. The van der Waals surface area contributed by atoms with Crippen LogP contribution in [0.3, 0.4) is 0 Å². The Bertz CT molecular complexity index is 328. The van der Waals surface area contributed by atoms with Gasteiger partial charge in [-0.15, -0.1) is 0 Å². The minimum atomic E-state index is 0.0590. The lowest BCUT2D eigenvalue weighted by Crippen LogP contribution is -2.29. The van der Waals surface area contributed by atoms with Crippen LogP contribution in [-0.4, -0.2) is 22.2 Å². The summed E-state index contributed by atoms with van der Waals surface area (Å²) in [5.74, 6) is 0.793. The Morgan fingerprint density at radius 1 is 1.71 bits per heavy atom. The van der Waals surface area contributed by atoms with Crippen LogP contribution in [0.1, 0.15) is 18.5 Å². The van der Waals surface area contributed by atoms with Gasteiger partial charge in [0, 0.05) is 18.4 Å². The van der Waals surface area contributed by atoms with Gasteiger partial charge in [-0.2, -0.15) is 5.10 Å². The third-order valence-electron chi connectivity index (χ3n) is 2.51. The highest BCUT2D eigenvalue weighted by molar-refractivity contribution is 5.75. The van der Waals surface area contributed by atoms with Crippen molar-refractivity contribution in [1.29, 1.82) is 0 Å². The van der Waals surface area contributed by atoms with Gasteiger partial charge in [-0.3, -0.25) is 9.48 Å². The van der Waals surface area contributed by atoms with Gasteiger partial charge in [0.25, 0.3) is 0 Å². The Kier molecular flexibility index (Phi) is 2.52. The molecule has 2 rings (SSSR count). The molecule has 1 aliphatic carbocycles. The molecular weight excluding hydrogens is 178 g/mol. The van der Waals surface area contributed by atoms with Gasteiger partial charge in [0.05, 0.1) is 0 Å². The number of hydrogen-bond acceptors (Lipinski definition) is 2. The normalized spacial score (nSPS) is 15.5. The highest BCUT2D eigenvalue weighted by Crippen LogP contribution is 2.27. The molecule has 1 heterocycles. The van der Waals surface area contributed by atoms with E-state index in [0.29, 0.717) is 6.54 Å². The zero-order valence-electron chi connectivity index (χ0n) is 8.36. The van der Waals surface area contributed by atoms with Crippen LogP contribution in [-0.2, 0) is 11.3 Å². The molecule has 1 amide bonds. The van der Waals surface area contributed by atoms with Crippen molar-refractivity contribution in [3.63, 3.8) is 0 Å². The molecule has 1 saturated carbocycles. The van der Waals surface area contributed by atoms with Crippen molar-refractivity contribution >= 4 is 5.91 Å². The molecule has 0 saturated heterocycles. The smallest absolute Gasteiger partial charge is 0.241 e. The number of aromatic nitrogens is 2. The van der Waals surface area contributed by atoms with E-state index in [1.54, 1.807) is 10.9 Å². The number of rotatable bonds is 4. The fourth-order valence-electron chi connectivity index (χ4n) is 1.34. The topological polar surface area (TPSA) is 46.9 Å². The minimum Gasteiger partial charge on any atom is -0.354 e. The van der Waals surface area contributed by atoms with Gasteiger partial charge in [-0.25, -0.2) is 0 Å². The molecule has 0 spiro atoms. The summed E-state index contributed by atoms with van der Waals surface area (Å²) in [5.41, 5.74) is 1.02. The van der Waals surface area contributed by atoms with E-state index >= 15 is 0 Å². The summed E-state index contributed by atoms with van der Waals surface area (Å²) in [5, 5.41) is 6.96. The van der Waals surface area contributed by atoms with Crippen LogP contribution in [0.15, 0.2) is 12.3 Å². The third-order valence-corrected chi connectivity index (χ3v) is 2.51. The van der Waals surface area contributed by atoms with Crippen molar-refractivity contribution in [3.8, 4) is 0 Å². The van der Waals surface area contributed by atoms with E-state index in [9.17, 15) is 4.79 Å². The van der Waals surface area contributed by atoms with Crippen LogP contribution in [0.25, 0.3) is 0 Å².